The maximum atomic E-state index is 11.8. The Morgan fingerprint density at radius 1 is 1.45 bits per heavy atom. The molecule has 0 heterocycles. The predicted molar refractivity (Wildman–Crippen MR) is 88.3 cm³/mol. The summed E-state index contributed by atoms with van der Waals surface area (Å²) in [5, 5.41) is 3.64. The lowest BCUT2D eigenvalue weighted by atomic mass is 10.1. The second-order valence-electron chi connectivity index (χ2n) is 4.94. The highest BCUT2D eigenvalue weighted by atomic mass is 35.5. The van der Waals surface area contributed by atoms with E-state index < -0.39 is 0 Å². The second kappa shape index (κ2) is 9.14. The van der Waals surface area contributed by atoms with E-state index in [4.69, 9.17) is 17.3 Å². The van der Waals surface area contributed by atoms with Crippen molar-refractivity contribution in [1.82, 2.24) is 5.32 Å². The zero-order valence-corrected chi connectivity index (χ0v) is 13.7. The summed E-state index contributed by atoms with van der Waals surface area (Å²) in [6.45, 7) is 4.22. The van der Waals surface area contributed by atoms with E-state index in [0.29, 0.717) is 16.5 Å². The Morgan fingerprint density at radius 2 is 2.20 bits per heavy atom. The van der Waals surface area contributed by atoms with Gasteiger partial charge in [0.25, 0.3) is 0 Å². The summed E-state index contributed by atoms with van der Waals surface area (Å²) in [5.41, 5.74) is 6.37. The molecule has 1 aromatic rings. The fourth-order valence-electron chi connectivity index (χ4n) is 1.86. The van der Waals surface area contributed by atoms with Crippen molar-refractivity contribution < 1.29 is 4.79 Å². The summed E-state index contributed by atoms with van der Waals surface area (Å²) in [4.78, 5) is 12.7. The lowest BCUT2D eigenvalue weighted by Gasteiger charge is -2.13. The first-order chi connectivity index (χ1) is 9.52. The molecule has 1 unspecified atom stereocenters. The van der Waals surface area contributed by atoms with Crippen LogP contribution in [0.3, 0.4) is 0 Å². The van der Waals surface area contributed by atoms with Crippen molar-refractivity contribution in [2.75, 3.05) is 11.5 Å². The Balaban J connectivity index is 2.34. The van der Waals surface area contributed by atoms with Crippen LogP contribution in [0.5, 0.6) is 0 Å². The minimum absolute atomic E-state index is 0.0393. The number of anilines is 1. The smallest absolute Gasteiger partial charge is 0.230 e. The summed E-state index contributed by atoms with van der Waals surface area (Å²) in [5.74, 6) is 0.402. The van der Waals surface area contributed by atoms with E-state index in [9.17, 15) is 4.79 Å². The van der Waals surface area contributed by atoms with Crippen LogP contribution in [-0.4, -0.2) is 17.7 Å². The summed E-state index contributed by atoms with van der Waals surface area (Å²) in [6.07, 6.45) is 4.60. The predicted octanol–water partition coefficient (Wildman–Crippen LogP) is 4.10. The number of carbonyl (C=O) groups is 1. The molecule has 112 valence electrons. The van der Waals surface area contributed by atoms with Crippen LogP contribution in [0.25, 0.3) is 0 Å². The van der Waals surface area contributed by atoms with Gasteiger partial charge in [-0.1, -0.05) is 37.8 Å². The van der Waals surface area contributed by atoms with Crippen molar-refractivity contribution in [2.45, 2.75) is 50.5 Å². The first-order valence-electron chi connectivity index (χ1n) is 7.00. The Bertz CT molecular complexity index is 440. The highest BCUT2D eigenvalue weighted by Crippen LogP contribution is 2.28. The average Bonchev–Trinajstić information content (AvgIpc) is 2.40. The molecule has 0 aliphatic rings. The number of hydrogen-bond acceptors (Lipinski definition) is 3. The first kappa shape index (κ1) is 17.2. The number of benzene rings is 1. The quantitative estimate of drug-likeness (QED) is 0.431. The summed E-state index contributed by atoms with van der Waals surface area (Å²) >= 11 is 7.48. The molecule has 0 aliphatic heterocycles. The lowest BCUT2D eigenvalue weighted by molar-refractivity contribution is -0.119. The number of carbonyl (C=O) groups excluding carboxylic acids is 1. The number of thioether (sulfide) groups is 1. The van der Waals surface area contributed by atoms with Gasteiger partial charge in [-0.05, 0) is 31.5 Å². The second-order valence-corrected chi connectivity index (χ2v) is 6.37. The Hall–Kier alpha value is -0.870. The van der Waals surface area contributed by atoms with Gasteiger partial charge in [-0.2, -0.15) is 0 Å². The number of nitrogens with two attached hydrogens (primary N) is 1. The number of amides is 1. The van der Waals surface area contributed by atoms with Gasteiger partial charge in [-0.25, -0.2) is 0 Å². The third-order valence-corrected chi connectivity index (χ3v) is 4.46. The molecule has 1 atom stereocenters. The van der Waals surface area contributed by atoms with Crippen molar-refractivity contribution in [3.05, 3.63) is 23.2 Å². The van der Waals surface area contributed by atoms with Gasteiger partial charge in [0.1, 0.15) is 0 Å². The minimum Gasteiger partial charge on any atom is -0.399 e. The van der Waals surface area contributed by atoms with Crippen LogP contribution >= 0.6 is 23.4 Å². The highest BCUT2D eigenvalue weighted by molar-refractivity contribution is 8.00. The van der Waals surface area contributed by atoms with Gasteiger partial charge in [0.05, 0.1) is 10.8 Å². The molecule has 5 heteroatoms. The standard InChI is InChI=1S/C15H23ClN2OS/c1-3-4-5-6-11(2)18-15(19)10-20-14-9-12(17)7-8-13(14)16/h7-9,11H,3-6,10,17H2,1-2H3,(H,18,19). The van der Waals surface area contributed by atoms with Gasteiger partial charge < -0.3 is 11.1 Å². The molecular weight excluding hydrogens is 292 g/mol. The molecule has 20 heavy (non-hydrogen) atoms. The van der Waals surface area contributed by atoms with Crippen LogP contribution in [0.4, 0.5) is 5.69 Å². The first-order valence-corrected chi connectivity index (χ1v) is 8.36. The lowest BCUT2D eigenvalue weighted by Crippen LogP contribution is -2.33. The molecule has 0 bridgehead atoms. The molecule has 0 radical (unpaired) electrons. The monoisotopic (exact) mass is 314 g/mol. The molecule has 0 saturated heterocycles. The van der Waals surface area contributed by atoms with E-state index in [-0.39, 0.29) is 11.9 Å². The maximum Gasteiger partial charge on any atom is 0.230 e. The molecule has 0 saturated carbocycles. The van der Waals surface area contributed by atoms with Crippen molar-refractivity contribution >= 4 is 35.0 Å². The Morgan fingerprint density at radius 3 is 2.90 bits per heavy atom. The number of rotatable bonds is 8. The van der Waals surface area contributed by atoms with Gasteiger partial charge in [-0.3, -0.25) is 4.79 Å². The molecular formula is C15H23ClN2OS. The van der Waals surface area contributed by atoms with Gasteiger partial charge in [0.2, 0.25) is 5.91 Å². The normalized spacial score (nSPS) is 12.2. The summed E-state index contributed by atoms with van der Waals surface area (Å²) in [7, 11) is 0. The minimum atomic E-state index is 0.0393. The fraction of sp³-hybridized carbons (Fsp3) is 0.533. The van der Waals surface area contributed by atoms with Crippen LogP contribution in [0.15, 0.2) is 23.1 Å². The van der Waals surface area contributed by atoms with Crippen LogP contribution < -0.4 is 11.1 Å². The fourth-order valence-corrected chi connectivity index (χ4v) is 2.94. The SMILES string of the molecule is CCCCCC(C)NC(=O)CSc1cc(N)ccc1Cl. The van der Waals surface area contributed by atoms with Gasteiger partial charge in [0.15, 0.2) is 0 Å². The van der Waals surface area contributed by atoms with E-state index in [1.807, 2.05) is 6.92 Å². The van der Waals surface area contributed by atoms with Crippen LogP contribution in [0, 0.1) is 0 Å². The molecule has 1 aromatic carbocycles. The van der Waals surface area contributed by atoms with Crippen LogP contribution in [0.2, 0.25) is 5.02 Å². The number of unbranched alkanes of at least 4 members (excludes halogenated alkanes) is 2. The zero-order valence-electron chi connectivity index (χ0n) is 12.1. The highest BCUT2D eigenvalue weighted by Gasteiger charge is 2.09. The number of hydrogen-bond donors (Lipinski definition) is 2. The number of nitrogen functional groups attached to an aromatic ring is 1. The molecule has 0 aliphatic carbocycles. The molecule has 1 rings (SSSR count). The van der Waals surface area contributed by atoms with Crippen molar-refractivity contribution in [2.24, 2.45) is 0 Å². The largest absolute Gasteiger partial charge is 0.399 e. The van der Waals surface area contributed by atoms with E-state index >= 15 is 0 Å². The molecule has 0 spiro atoms. The maximum absolute atomic E-state index is 11.8. The number of nitrogens with one attached hydrogen (secondary N) is 1. The van der Waals surface area contributed by atoms with E-state index in [1.54, 1.807) is 18.2 Å². The van der Waals surface area contributed by atoms with E-state index in [0.717, 1.165) is 17.7 Å². The van der Waals surface area contributed by atoms with E-state index in [1.165, 1.54) is 24.6 Å². The van der Waals surface area contributed by atoms with Crippen LogP contribution in [-0.2, 0) is 4.79 Å². The summed E-state index contributed by atoms with van der Waals surface area (Å²) < 4.78 is 0. The molecule has 0 fully saturated rings. The third-order valence-electron chi connectivity index (χ3n) is 2.96. The summed E-state index contributed by atoms with van der Waals surface area (Å²) in [6, 6.07) is 5.53. The Labute approximate surface area is 130 Å². The van der Waals surface area contributed by atoms with Crippen molar-refractivity contribution in [3.8, 4) is 0 Å². The molecule has 1 amide bonds. The van der Waals surface area contributed by atoms with Crippen molar-refractivity contribution in [3.63, 3.8) is 0 Å². The Kier molecular flexibility index (Phi) is 7.85. The van der Waals surface area contributed by atoms with Gasteiger partial charge >= 0.3 is 0 Å². The van der Waals surface area contributed by atoms with Crippen molar-refractivity contribution in [1.29, 1.82) is 0 Å². The van der Waals surface area contributed by atoms with Crippen LogP contribution in [0.1, 0.15) is 39.5 Å². The van der Waals surface area contributed by atoms with Gasteiger partial charge in [0, 0.05) is 16.6 Å². The molecule has 3 N–H and O–H groups in total. The zero-order chi connectivity index (χ0) is 15.0. The molecule has 3 nitrogen and oxygen atoms in total. The topological polar surface area (TPSA) is 55.1 Å². The molecule has 0 aromatic heterocycles. The van der Waals surface area contributed by atoms with Gasteiger partial charge in [-0.15, -0.1) is 11.8 Å². The average molecular weight is 315 g/mol. The number of halogens is 1. The third kappa shape index (κ3) is 6.53. The van der Waals surface area contributed by atoms with E-state index in [2.05, 4.69) is 12.2 Å².